The van der Waals surface area contributed by atoms with Gasteiger partial charge < -0.3 is 0 Å². The first-order chi connectivity index (χ1) is 10.8. The fourth-order valence-electron chi connectivity index (χ4n) is 1.97. The summed E-state index contributed by atoms with van der Waals surface area (Å²) in [5, 5.41) is 9.38. The minimum atomic E-state index is -4.97. The summed E-state index contributed by atoms with van der Waals surface area (Å²) in [4.78, 5) is 11.5. The van der Waals surface area contributed by atoms with E-state index in [0.29, 0.717) is 16.9 Å². The summed E-state index contributed by atoms with van der Waals surface area (Å²) in [6.45, 7) is 0. The molecule has 0 radical (unpaired) electrons. The van der Waals surface area contributed by atoms with Gasteiger partial charge in [0.25, 0.3) is 0 Å². The maximum absolute atomic E-state index is 11.5. The van der Waals surface area contributed by atoms with Gasteiger partial charge in [0.2, 0.25) is 0 Å². The third kappa shape index (κ3) is 4.36. The molecule has 0 amide bonds. The third-order valence-electron chi connectivity index (χ3n) is 3.17. The molecule has 7 heteroatoms. The van der Waals surface area contributed by atoms with Gasteiger partial charge in [-0.05, 0) is 0 Å². The number of benzene rings is 2. The Kier molecular flexibility index (Phi) is 5.11. The molecule has 0 bridgehead atoms. The van der Waals surface area contributed by atoms with E-state index < -0.39 is 20.1 Å². The normalized spacial score (nSPS) is 12.0. The molecule has 0 fully saturated rings. The van der Waals surface area contributed by atoms with Gasteiger partial charge in [-0.25, -0.2) is 0 Å². The first-order valence-electron chi connectivity index (χ1n) is 6.57. The molecule has 0 atom stereocenters. The predicted molar refractivity (Wildman–Crippen MR) is 85.5 cm³/mol. The van der Waals surface area contributed by atoms with Gasteiger partial charge in [0.15, 0.2) is 0 Å². The van der Waals surface area contributed by atoms with Crippen LogP contribution in [-0.4, -0.2) is 40.5 Å². The Morgan fingerprint density at radius 2 is 1.61 bits per heavy atom. The second-order valence-corrected chi connectivity index (χ2v) is 8.09. The molecule has 3 N–H and O–H groups in total. The van der Waals surface area contributed by atoms with Crippen molar-refractivity contribution in [2.24, 2.45) is 0 Å². The molecule has 23 heavy (non-hydrogen) atoms. The maximum atomic E-state index is 11.5. The van der Waals surface area contributed by atoms with Crippen LogP contribution < -0.4 is 9.09 Å². The van der Waals surface area contributed by atoms with Gasteiger partial charge in [-0.15, -0.1) is 0 Å². The van der Waals surface area contributed by atoms with Crippen LogP contribution >= 0.6 is 0 Å². The zero-order valence-corrected chi connectivity index (χ0v) is 14.1. The molecule has 2 aromatic carbocycles. The van der Waals surface area contributed by atoms with Crippen LogP contribution in [0.2, 0.25) is 0 Å². The predicted octanol–water partition coefficient (Wildman–Crippen LogP) is 0.881. The van der Waals surface area contributed by atoms with Gasteiger partial charge >= 0.3 is 135 Å². The first-order valence-corrected chi connectivity index (χ1v) is 9.95. The first kappa shape index (κ1) is 17.1. The van der Waals surface area contributed by atoms with Crippen LogP contribution in [0.3, 0.4) is 0 Å². The van der Waals surface area contributed by atoms with Crippen molar-refractivity contribution in [3.63, 3.8) is 0 Å². The summed E-state index contributed by atoms with van der Waals surface area (Å²) in [7, 11) is 1.54. The molecule has 0 aromatic heterocycles. The Morgan fingerprint density at radius 1 is 1.04 bits per heavy atom. The van der Waals surface area contributed by atoms with Gasteiger partial charge in [-0.3, -0.25) is 0 Å². The van der Waals surface area contributed by atoms with E-state index >= 15 is 0 Å². The molecule has 120 valence electrons. The van der Waals surface area contributed by atoms with Gasteiger partial charge in [0.1, 0.15) is 0 Å². The Morgan fingerprint density at radius 3 is 2.04 bits per heavy atom. The number of hydrogen-bond donors (Lipinski definition) is 3. The Hall–Kier alpha value is -2.27. The number of rotatable bonds is 5. The van der Waals surface area contributed by atoms with Crippen molar-refractivity contribution in [1.82, 2.24) is 0 Å². The van der Waals surface area contributed by atoms with E-state index in [1.54, 1.807) is 24.3 Å². The zero-order chi connectivity index (χ0) is 17.0. The molecular weight excluding hydrogens is 363 g/mol. The molecule has 0 saturated heterocycles. The molecule has 0 aliphatic rings. The second-order valence-electron chi connectivity index (χ2n) is 4.73. The monoisotopic (exact) mass is 378 g/mol. The number of methoxy groups -OCH3 is 1. The van der Waals surface area contributed by atoms with Crippen molar-refractivity contribution in [2.45, 2.75) is 0 Å². The Labute approximate surface area is 135 Å². The van der Waals surface area contributed by atoms with Crippen LogP contribution in [0, 0.1) is 0 Å². The van der Waals surface area contributed by atoms with Crippen molar-refractivity contribution < 1.29 is 26.6 Å². The topological polar surface area (TPSA) is 104 Å². The average Bonchev–Trinajstić information content (AvgIpc) is 2.52. The van der Waals surface area contributed by atoms with E-state index in [9.17, 15) is 13.6 Å². The number of carbonyl (C=O) groups is 1. The van der Waals surface area contributed by atoms with Crippen LogP contribution in [-0.2, 0) is 8.53 Å². The van der Waals surface area contributed by atoms with E-state index in [-0.39, 0.29) is 9.92 Å². The van der Waals surface area contributed by atoms with E-state index in [1.165, 1.54) is 37.5 Å². The van der Waals surface area contributed by atoms with Crippen molar-refractivity contribution in [3.8, 4) is 5.75 Å². The molecule has 0 aliphatic heterocycles. The third-order valence-corrected chi connectivity index (χ3v) is 5.21. The fraction of sp³-hybridized carbons (Fsp3) is 0.0625. The Balaban J connectivity index is 2.39. The summed E-state index contributed by atoms with van der Waals surface area (Å²) in [5.74, 6) is -0.470. The molecule has 6 nitrogen and oxygen atoms in total. The number of hydrogen-bond acceptors (Lipinski definition) is 3. The van der Waals surface area contributed by atoms with Crippen molar-refractivity contribution >= 4 is 36.1 Å². The molecule has 0 saturated carbocycles. The molecule has 0 heterocycles. The van der Waals surface area contributed by atoms with Crippen molar-refractivity contribution in [1.29, 1.82) is 0 Å². The molecular formula is C16H15AsO6. The molecule has 0 spiro atoms. The fourth-order valence-corrected chi connectivity index (χ4v) is 3.10. The number of carboxylic acid groups (broad SMARTS) is 1. The average molecular weight is 378 g/mol. The summed E-state index contributed by atoms with van der Waals surface area (Å²) < 4.78 is 34.4. The van der Waals surface area contributed by atoms with Gasteiger partial charge in [0.05, 0.1) is 0 Å². The quantitative estimate of drug-likeness (QED) is 0.406. The van der Waals surface area contributed by atoms with E-state index in [0.717, 1.165) is 0 Å². The van der Waals surface area contributed by atoms with E-state index in [2.05, 4.69) is 0 Å². The second kappa shape index (κ2) is 6.87. The summed E-state index contributed by atoms with van der Waals surface area (Å²) >= 11 is -4.97. The van der Waals surface area contributed by atoms with Gasteiger partial charge in [-0.2, -0.15) is 0 Å². The summed E-state index contributed by atoms with van der Waals surface area (Å²) in [6.07, 6.45) is 1.49. The standard InChI is InChI=1S/C16H15AsO6/c1-23-14-8-2-11(3-9-14)10-15(16(18)19)12-4-6-13(7-5-12)17(20,21)22/h2-10H,1H3,(H,18,19)(H2,20,21,22). The molecule has 0 aliphatic carbocycles. The molecule has 0 unspecified atom stereocenters. The van der Waals surface area contributed by atoms with Crippen LogP contribution in [0.5, 0.6) is 5.75 Å². The van der Waals surface area contributed by atoms with Crippen LogP contribution in [0.4, 0.5) is 0 Å². The van der Waals surface area contributed by atoms with Crippen molar-refractivity contribution in [3.05, 3.63) is 59.7 Å². The van der Waals surface area contributed by atoms with E-state index in [1.807, 2.05) is 0 Å². The number of aliphatic carboxylic acids is 1. The van der Waals surface area contributed by atoms with Crippen LogP contribution in [0.15, 0.2) is 48.5 Å². The Bertz CT molecular complexity index is 771. The van der Waals surface area contributed by atoms with Crippen molar-refractivity contribution in [2.75, 3.05) is 7.11 Å². The summed E-state index contributed by atoms with van der Waals surface area (Å²) in [5.41, 5.74) is 1.06. The SMILES string of the molecule is COc1ccc(C=C(C(=O)O)c2ccc([As](=O)(O)O)cc2)cc1. The van der Waals surface area contributed by atoms with Gasteiger partial charge in [0, 0.05) is 0 Å². The number of carboxylic acids is 1. The molecule has 2 rings (SSSR count). The van der Waals surface area contributed by atoms with Crippen LogP contribution in [0.1, 0.15) is 11.1 Å². The zero-order valence-electron chi connectivity index (χ0n) is 12.2. The van der Waals surface area contributed by atoms with Gasteiger partial charge in [-0.1, -0.05) is 0 Å². The summed E-state index contributed by atoms with van der Waals surface area (Å²) in [6, 6.07) is 12.1. The van der Waals surface area contributed by atoms with E-state index in [4.69, 9.17) is 12.9 Å². The molecule has 2 aromatic rings. The van der Waals surface area contributed by atoms with Crippen LogP contribution in [0.25, 0.3) is 11.6 Å². The minimum absolute atomic E-state index is 0.0275. The number of ether oxygens (including phenoxy) is 1.